The monoisotopic (exact) mass is 328 g/mol. The molecule has 118 valence electrons. The van der Waals surface area contributed by atoms with Gasteiger partial charge in [0.25, 0.3) is 0 Å². The normalized spacial score (nSPS) is 12.1. The molecule has 2 amide bonds. The highest BCUT2D eigenvalue weighted by molar-refractivity contribution is 6.30. The number of nitrogens with zero attached hydrogens (tertiary/aromatic N) is 2. The van der Waals surface area contributed by atoms with Gasteiger partial charge in [0.05, 0.1) is 23.3 Å². The third kappa shape index (κ3) is 3.81. The molecular weight excluding hydrogens is 312 g/mol. The van der Waals surface area contributed by atoms with Crippen LogP contribution in [0.15, 0.2) is 54.9 Å². The zero-order valence-corrected chi connectivity index (χ0v) is 13.4. The maximum Gasteiger partial charge on any atom is 0.315 e. The molecule has 0 aliphatic rings. The van der Waals surface area contributed by atoms with Crippen molar-refractivity contribution in [2.75, 3.05) is 0 Å². The van der Waals surface area contributed by atoms with Gasteiger partial charge in [-0.2, -0.15) is 0 Å². The van der Waals surface area contributed by atoms with Crippen molar-refractivity contribution in [1.29, 1.82) is 0 Å². The van der Waals surface area contributed by atoms with Crippen LogP contribution in [0.25, 0.3) is 5.65 Å². The minimum absolute atomic E-state index is 0.0592. The van der Waals surface area contributed by atoms with Gasteiger partial charge in [-0.3, -0.25) is 0 Å². The number of amides is 2. The van der Waals surface area contributed by atoms with Crippen LogP contribution in [0.3, 0.4) is 0 Å². The molecule has 2 heterocycles. The second kappa shape index (κ2) is 6.71. The first-order valence-corrected chi connectivity index (χ1v) is 7.72. The lowest BCUT2D eigenvalue weighted by atomic mass is 10.1. The van der Waals surface area contributed by atoms with Crippen molar-refractivity contribution in [3.63, 3.8) is 0 Å². The molecule has 0 saturated carbocycles. The summed E-state index contributed by atoms with van der Waals surface area (Å²) in [6.45, 7) is 2.30. The van der Waals surface area contributed by atoms with Gasteiger partial charge in [0.2, 0.25) is 0 Å². The predicted octanol–water partition coefficient (Wildman–Crippen LogP) is 3.55. The topological polar surface area (TPSA) is 58.4 Å². The van der Waals surface area contributed by atoms with Crippen molar-refractivity contribution >= 4 is 23.3 Å². The highest BCUT2D eigenvalue weighted by atomic mass is 35.5. The van der Waals surface area contributed by atoms with Crippen LogP contribution in [0.5, 0.6) is 0 Å². The van der Waals surface area contributed by atoms with Crippen LogP contribution < -0.4 is 10.6 Å². The zero-order chi connectivity index (χ0) is 16.2. The van der Waals surface area contributed by atoms with Gasteiger partial charge in [-0.25, -0.2) is 9.78 Å². The first-order chi connectivity index (χ1) is 11.1. The molecule has 0 spiro atoms. The van der Waals surface area contributed by atoms with Gasteiger partial charge in [0.15, 0.2) is 0 Å². The summed E-state index contributed by atoms with van der Waals surface area (Å²) < 4.78 is 1.84. The summed E-state index contributed by atoms with van der Waals surface area (Å²) in [4.78, 5) is 16.4. The summed E-state index contributed by atoms with van der Waals surface area (Å²) in [5.74, 6) is 0. The fourth-order valence-electron chi connectivity index (χ4n) is 2.35. The molecule has 0 radical (unpaired) electrons. The van der Waals surface area contributed by atoms with Crippen molar-refractivity contribution in [2.45, 2.75) is 19.5 Å². The average Bonchev–Trinajstić information content (AvgIpc) is 2.95. The van der Waals surface area contributed by atoms with Gasteiger partial charge < -0.3 is 15.0 Å². The molecule has 0 saturated heterocycles. The van der Waals surface area contributed by atoms with Crippen LogP contribution >= 0.6 is 11.6 Å². The van der Waals surface area contributed by atoms with Gasteiger partial charge in [-0.05, 0) is 24.6 Å². The molecular formula is C17H17ClN4O. The van der Waals surface area contributed by atoms with E-state index in [2.05, 4.69) is 15.6 Å². The Morgan fingerprint density at radius 1 is 1.22 bits per heavy atom. The molecule has 23 heavy (non-hydrogen) atoms. The van der Waals surface area contributed by atoms with Crippen molar-refractivity contribution in [2.24, 2.45) is 0 Å². The second-order valence-electron chi connectivity index (χ2n) is 5.30. The van der Waals surface area contributed by atoms with E-state index in [9.17, 15) is 4.79 Å². The third-order valence-corrected chi connectivity index (χ3v) is 3.77. The molecule has 0 aliphatic heterocycles. The molecule has 6 heteroatoms. The Kier molecular flexibility index (Phi) is 4.48. The van der Waals surface area contributed by atoms with Gasteiger partial charge >= 0.3 is 6.03 Å². The lowest BCUT2D eigenvalue weighted by molar-refractivity contribution is 0.237. The molecule has 1 atom stereocenters. The zero-order valence-electron chi connectivity index (χ0n) is 12.7. The van der Waals surface area contributed by atoms with Crippen LogP contribution in [0.1, 0.15) is 24.2 Å². The Labute approximate surface area is 139 Å². The van der Waals surface area contributed by atoms with Crippen molar-refractivity contribution in [3.05, 3.63) is 71.1 Å². The quantitative estimate of drug-likeness (QED) is 0.769. The van der Waals surface area contributed by atoms with Crippen LogP contribution in [-0.2, 0) is 6.54 Å². The van der Waals surface area contributed by atoms with Crippen molar-refractivity contribution < 1.29 is 4.79 Å². The van der Waals surface area contributed by atoms with E-state index in [0.29, 0.717) is 11.6 Å². The van der Waals surface area contributed by atoms with Crippen molar-refractivity contribution in [3.8, 4) is 0 Å². The largest absolute Gasteiger partial charge is 0.332 e. The molecule has 1 aromatic carbocycles. The van der Waals surface area contributed by atoms with E-state index in [0.717, 1.165) is 16.9 Å². The van der Waals surface area contributed by atoms with E-state index in [4.69, 9.17) is 11.6 Å². The lowest BCUT2D eigenvalue weighted by Gasteiger charge is -2.14. The van der Waals surface area contributed by atoms with E-state index in [1.165, 1.54) is 0 Å². The number of benzene rings is 1. The maximum absolute atomic E-state index is 12.0. The van der Waals surface area contributed by atoms with Gasteiger partial charge in [-0.15, -0.1) is 0 Å². The van der Waals surface area contributed by atoms with Crippen LogP contribution in [0.2, 0.25) is 5.02 Å². The number of urea groups is 1. The number of carbonyl (C=O) groups is 1. The SMILES string of the molecule is CC(NC(=O)NCc1cn2cc(Cl)ccc2n1)c1ccccc1. The Morgan fingerprint density at radius 3 is 2.78 bits per heavy atom. The molecule has 3 aromatic rings. The fraction of sp³-hybridized carbons (Fsp3) is 0.176. The lowest BCUT2D eigenvalue weighted by Crippen LogP contribution is -2.36. The molecule has 0 fully saturated rings. The molecule has 2 N–H and O–H groups in total. The number of pyridine rings is 1. The summed E-state index contributed by atoms with van der Waals surface area (Å²) in [5, 5.41) is 6.36. The molecule has 3 rings (SSSR count). The van der Waals surface area contributed by atoms with E-state index < -0.39 is 0 Å². The van der Waals surface area contributed by atoms with Gasteiger partial charge in [0, 0.05) is 12.4 Å². The number of hydrogen-bond donors (Lipinski definition) is 2. The first kappa shape index (κ1) is 15.4. The van der Waals surface area contributed by atoms with Gasteiger partial charge in [0.1, 0.15) is 5.65 Å². The molecule has 1 unspecified atom stereocenters. The van der Waals surface area contributed by atoms with Gasteiger partial charge in [-0.1, -0.05) is 41.9 Å². The highest BCUT2D eigenvalue weighted by Crippen LogP contribution is 2.12. The Morgan fingerprint density at radius 2 is 2.00 bits per heavy atom. The van der Waals surface area contributed by atoms with Crippen LogP contribution in [-0.4, -0.2) is 15.4 Å². The average molecular weight is 329 g/mol. The minimum Gasteiger partial charge on any atom is -0.332 e. The third-order valence-electron chi connectivity index (χ3n) is 3.54. The number of hydrogen-bond acceptors (Lipinski definition) is 2. The standard InChI is InChI=1S/C17H17ClN4O/c1-12(13-5-3-2-4-6-13)20-17(23)19-9-15-11-22-10-14(18)7-8-16(22)21-15/h2-8,10-12H,9H2,1H3,(H2,19,20,23). The fourth-order valence-corrected chi connectivity index (χ4v) is 2.51. The summed E-state index contributed by atoms with van der Waals surface area (Å²) >= 11 is 5.94. The van der Waals surface area contributed by atoms with Crippen molar-refractivity contribution in [1.82, 2.24) is 20.0 Å². The summed E-state index contributed by atoms with van der Waals surface area (Å²) in [5.41, 5.74) is 2.63. The molecule has 0 aliphatic carbocycles. The summed E-state index contributed by atoms with van der Waals surface area (Å²) in [7, 11) is 0. The Hall–Kier alpha value is -2.53. The highest BCUT2D eigenvalue weighted by Gasteiger charge is 2.09. The second-order valence-corrected chi connectivity index (χ2v) is 5.74. The van der Waals surface area contributed by atoms with E-state index in [1.54, 1.807) is 12.3 Å². The first-order valence-electron chi connectivity index (χ1n) is 7.34. The molecule has 5 nitrogen and oxygen atoms in total. The van der Waals surface area contributed by atoms with E-state index in [1.807, 2.05) is 53.9 Å². The van der Waals surface area contributed by atoms with Crippen LogP contribution in [0, 0.1) is 0 Å². The number of fused-ring (bicyclic) bond motifs is 1. The number of rotatable bonds is 4. The predicted molar refractivity (Wildman–Crippen MR) is 90.4 cm³/mol. The minimum atomic E-state index is -0.226. The Balaban J connectivity index is 1.57. The molecule has 2 aromatic heterocycles. The van der Waals surface area contributed by atoms with E-state index >= 15 is 0 Å². The number of nitrogens with one attached hydrogen (secondary N) is 2. The smallest absolute Gasteiger partial charge is 0.315 e. The maximum atomic E-state index is 12.0. The number of aromatic nitrogens is 2. The number of halogens is 1. The number of carbonyl (C=O) groups excluding carboxylic acids is 1. The number of imidazole rings is 1. The molecule has 0 bridgehead atoms. The summed E-state index contributed by atoms with van der Waals surface area (Å²) in [6.07, 6.45) is 3.63. The van der Waals surface area contributed by atoms with Crippen LogP contribution in [0.4, 0.5) is 4.79 Å². The Bertz CT molecular complexity index is 816. The summed E-state index contributed by atoms with van der Waals surface area (Å²) in [6, 6.07) is 13.2. The van der Waals surface area contributed by atoms with E-state index in [-0.39, 0.29) is 12.1 Å².